The van der Waals surface area contributed by atoms with Crippen LogP contribution in [0, 0.1) is 18.8 Å². The number of aryl methyl sites for hydroxylation is 1. The van der Waals surface area contributed by atoms with Crippen LogP contribution < -0.4 is 0 Å². The minimum absolute atomic E-state index is 0.0967. The van der Waals surface area contributed by atoms with Gasteiger partial charge in [0.25, 0.3) is 0 Å². The first-order valence-corrected chi connectivity index (χ1v) is 8.53. The number of likely N-dealkylation sites (tertiary alicyclic amines) is 1. The van der Waals surface area contributed by atoms with Crippen LogP contribution in [-0.4, -0.2) is 53.4 Å². The highest BCUT2D eigenvalue weighted by Crippen LogP contribution is 2.40. The fourth-order valence-corrected chi connectivity index (χ4v) is 3.97. The molecule has 23 heavy (non-hydrogen) atoms. The fourth-order valence-electron chi connectivity index (χ4n) is 3.97. The van der Waals surface area contributed by atoms with E-state index in [2.05, 4.69) is 10.1 Å². The largest absolute Gasteiger partial charge is 0.381 e. The Kier molecular flexibility index (Phi) is 4.07. The molecule has 1 aromatic heterocycles. The SMILES string of the molecule is Cc1nc([C@H]2C[C@H]3CN(C(=O)C4CCOCC4)CC[C@@H]3O2)no1. The molecular weight excluding hydrogens is 298 g/mol. The number of ether oxygens (including phenoxy) is 2. The van der Waals surface area contributed by atoms with Crippen molar-refractivity contribution < 1.29 is 18.8 Å². The Bertz CT molecular complexity index is 569. The van der Waals surface area contributed by atoms with Crippen molar-refractivity contribution in [3.05, 3.63) is 11.7 Å². The highest BCUT2D eigenvalue weighted by molar-refractivity contribution is 5.79. The van der Waals surface area contributed by atoms with Gasteiger partial charge in [0.1, 0.15) is 6.10 Å². The third-order valence-corrected chi connectivity index (χ3v) is 5.23. The molecule has 0 bridgehead atoms. The molecule has 0 unspecified atom stereocenters. The van der Waals surface area contributed by atoms with Crippen LogP contribution >= 0.6 is 0 Å². The van der Waals surface area contributed by atoms with Crippen molar-refractivity contribution in [3.63, 3.8) is 0 Å². The predicted octanol–water partition coefficient (Wildman–Crippen LogP) is 1.48. The van der Waals surface area contributed by atoms with Crippen LogP contribution in [0.5, 0.6) is 0 Å². The molecule has 3 aliphatic heterocycles. The van der Waals surface area contributed by atoms with E-state index in [0.717, 1.165) is 38.8 Å². The van der Waals surface area contributed by atoms with Crippen molar-refractivity contribution >= 4 is 5.91 Å². The van der Waals surface area contributed by atoms with Gasteiger partial charge in [-0.3, -0.25) is 4.79 Å². The minimum Gasteiger partial charge on any atom is -0.381 e. The standard InChI is InChI=1S/C16H23N3O4/c1-10-17-15(18-23-10)14-8-12-9-19(5-2-13(12)22-14)16(20)11-3-6-21-7-4-11/h11-14H,2-9H2,1H3/t12-,13-,14+/m0/s1. The Morgan fingerprint density at radius 3 is 2.83 bits per heavy atom. The van der Waals surface area contributed by atoms with Gasteiger partial charge in [-0.1, -0.05) is 5.16 Å². The number of hydrogen-bond donors (Lipinski definition) is 0. The predicted molar refractivity (Wildman–Crippen MR) is 79.5 cm³/mol. The van der Waals surface area contributed by atoms with Crippen LogP contribution in [0.2, 0.25) is 0 Å². The maximum absolute atomic E-state index is 12.7. The molecule has 7 nitrogen and oxygen atoms in total. The molecule has 4 rings (SSSR count). The second kappa shape index (κ2) is 6.20. The molecule has 0 aliphatic carbocycles. The van der Waals surface area contributed by atoms with Gasteiger partial charge in [0.15, 0.2) is 0 Å². The molecule has 3 saturated heterocycles. The first-order valence-electron chi connectivity index (χ1n) is 8.53. The van der Waals surface area contributed by atoms with E-state index in [0.29, 0.717) is 36.8 Å². The molecule has 0 saturated carbocycles. The second-order valence-electron chi connectivity index (χ2n) is 6.79. The average Bonchev–Trinajstić information content (AvgIpc) is 3.20. The lowest BCUT2D eigenvalue weighted by Gasteiger charge is -2.36. The number of carbonyl (C=O) groups is 1. The maximum Gasteiger partial charge on any atom is 0.225 e. The summed E-state index contributed by atoms with van der Waals surface area (Å²) in [4.78, 5) is 19.0. The van der Waals surface area contributed by atoms with Gasteiger partial charge in [0.2, 0.25) is 17.6 Å². The van der Waals surface area contributed by atoms with Crippen LogP contribution in [0.25, 0.3) is 0 Å². The molecule has 3 aliphatic rings. The van der Waals surface area contributed by atoms with Gasteiger partial charge in [-0.25, -0.2) is 0 Å². The molecular formula is C16H23N3O4. The van der Waals surface area contributed by atoms with Crippen molar-refractivity contribution in [2.24, 2.45) is 11.8 Å². The van der Waals surface area contributed by atoms with E-state index in [1.807, 2.05) is 4.90 Å². The van der Waals surface area contributed by atoms with Crippen molar-refractivity contribution in [2.75, 3.05) is 26.3 Å². The lowest BCUT2D eigenvalue weighted by molar-refractivity contribution is -0.141. The Hall–Kier alpha value is -1.47. The Balaban J connectivity index is 1.38. The summed E-state index contributed by atoms with van der Waals surface area (Å²) in [7, 11) is 0. The molecule has 0 radical (unpaired) electrons. The first kappa shape index (κ1) is 15.1. The number of amides is 1. The molecule has 0 spiro atoms. The quantitative estimate of drug-likeness (QED) is 0.821. The zero-order valence-corrected chi connectivity index (χ0v) is 13.4. The first-order chi connectivity index (χ1) is 11.2. The summed E-state index contributed by atoms with van der Waals surface area (Å²) < 4.78 is 16.5. The number of piperidine rings is 1. The lowest BCUT2D eigenvalue weighted by atomic mass is 9.90. The zero-order chi connectivity index (χ0) is 15.8. The summed E-state index contributed by atoms with van der Waals surface area (Å²) in [5.74, 6) is 2.01. The highest BCUT2D eigenvalue weighted by Gasteiger charge is 2.43. The van der Waals surface area contributed by atoms with Gasteiger partial charge < -0.3 is 18.9 Å². The van der Waals surface area contributed by atoms with Gasteiger partial charge in [0, 0.05) is 45.1 Å². The van der Waals surface area contributed by atoms with Crippen LogP contribution in [0.3, 0.4) is 0 Å². The summed E-state index contributed by atoms with van der Waals surface area (Å²) in [6.07, 6.45) is 3.57. The molecule has 3 atom stereocenters. The van der Waals surface area contributed by atoms with Crippen LogP contribution in [0.15, 0.2) is 4.52 Å². The summed E-state index contributed by atoms with van der Waals surface area (Å²) in [6, 6.07) is 0. The van der Waals surface area contributed by atoms with Crippen LogP contribution in [-0.2, 0) is 14.3 Å². The molecule has 0 N–H and O–H groups in total. The summed E-state index contributed by atoms with van der Waals surface area (Å²) in [5.41, 5.74) is 0. The van der Waals surface area contributed by atoms with Gasteiger partial charge in [-0.15, -0.1) is 0 Å². The number of fused-ring (bicyclic) bond motifs is 1. The second-order valence-corrected chi connectivity index (χ2v) is 6.79. The number of carbonyl (C=O) groups excluding carboxylic acids is 1. The molecule has 126 valence electrons. The van der Waals surface area contributed by atoms with Crippen molar-refractivity contribution in [3.8, 4) is 0 Å². The van der Waals surface area contributed by atoms with E-state index < -0.39 is 0 Å². The van der Waals surface area contributed by atoms with Gasteiger partial charge in [-0.2, -0.15) is 4.98 Å². The number of hydrogen-bond acceptors (Lipinski definition) is 6. The van der Waals surface area contributed by atoms with Crippen molar-refractivity contribution in [2.45, 2.75) is 44.8 Å². The smallest absolute Gasteiger partial charge is 0.225 e. The molecule has 7 heteroatoms. The Morgan fingerprint density at radius 1 is 1.26 bits per heavy atom. The maximum atomic E-state index is 12.7. The Labute approximate surface area is 135 Å². The van der Waals surface area contributed by atoms with Gasteiger partial charge in [-0.05, 0) is 25.7 Å². The van der Waals surface area contributed by atoms with Crippen LogP contribution in [0.4, 0.5) is 0 Å². The minimum atomic E-state index is -0.0967. The lowest BCUT2D eigenvalue weighted by Crippen LogP contribution is -2.47. The molecule has 1 aromatic rings. The Morgan fingerprint density at radius 2 is 2.09 bits per heavy atom. The number of aromatic nitrogens is 2. The molecule has 0 aromatic carbocycles. The fraction of sp³-hybridized carbons (Fsp3) is 0.812. The summed E-state index contributed by atoms with van der Waals surface area (Å²) in [5, 5.41) is 3.98. The molecule has 4 heterocycles. The summed E-state index contributed by atoms with van der Waals surface area (Å²) >= 11 is 0. The monoisotopic (exact) mass is 321 g/mol. The van der Waals surface area contributed by atoms with E-state index in [4.69, 9.17) is 14.0 Å². The topological polar surface area (TPSA) is 77.7 Å². The molecule has 3 fully saturated rings. The van der Waals surface area contributed by atoms with E-state index >= 15 is 0 Å². The third-order valence-electron chi connectivity index (χ3n) is 5.23. The van der Waals surface area contributed by atoms with Gasteiger partial charge in [0.05, 0.1) is 6.10 Å². The van der Waals surface area contributed by atoms with E-state index in [9.17, 15) is 4.79 Å². The number of nitrogens with zero attached hydrogens (tertiary/aromatic N) is 3. The van der Waals surface area contributed by atoms with Crippen molar-refractivity contribution in [1.29, 1.82) is 0 Å². The van der Waals surface area contributed by atoms with E-state index in [1.54, 1.807) is 6.92 Å². The normalized spacial score (nSPS) is 32.0. The zero-order valence-electron chi connectivity index (χ0n) is 13.4. The third kappa shape index (κ3) is 2.99. The molecule has 1 amide bonds. The van der Waals surface area contributed by atoms with E-state index in [-0.39, 0.29) is 18.1 Å². The van der Waals surface area contributed by atoms with E-state index in [1.165, 1.54) is 0 Å². The van der Waals surface area contributed by atoms with Crippen LogP contribution in [0.1, 0.15) is 43.5 Å². The van der Waals surface area contributed by atoms with Crippen molar-refractivity contribution in [1.82, 2.24) is 15.0 Å². The van der Waals surface area contributed by atoms with Gasteiger partial charge >= 0.3 is 0 Å². The summed E-state index contributed by atoms with van der Waals surface area (Å²) in [6.45, 7) is 4.77. The average molecular weight is 321 g/mol. The highest BCUT2D eigenvalue weighted by atomic mass is 16.5. The number of rotatable bonds is 2.